The van der Waals surface area contributed by atoms with E-state index in [1.807, 2.05) is 6.92 Å². The normalized spacial score (nSPS) is 41.0. The van der Waals surface area contributed by atoms with Gasteiger partial charge in [-0.1, -0.05) is 0 Å². The molecule has 2 saturated carbocycles. The molecular formula is C11H19NO2. The number of carbonyl (C=O) groups excluding carboxylic acids is 1. The van der Waals surface area contributed by atoms with Gasteiger partial charge in [0.2, 0.25) is 0 Å². The van der Waals surface area contributed by atoms with Gasteiger partial charge in [0, 0.05) is 6.04 Å². The minimum Gasteiger partial charge on any atom is -0.466 e. The molecule has 0 aromatic carbocycles. The molecule has 0 aromatic heterocycles. The SMILES string of the molecule is CCOC(=O)C1CC2CC(N)CC2C1. The minimum absolute atomic E-state index is 0.00970. The molecule has 2 atom stereocenters. The first-order valence-corrected chi connectivity index (χ1v) is 5.63. The van der Waals surface area contributed by atoms with E-state index in [-0.39, 0.29) is 11.9 Å². The van der Waals surface area contributed by atoms with Crippen molar-refractivity contribution in [2.75, 3.05) is 6.61 Å². The maximum atomic E-state index is 11.5. The van der Waals surface area contributed by atoms with Gasteiger partial charge in [0.15, 0.2) is 0 Å². The van der Waals surface area contributed by atoms with E-state index in [0.29, 0.717) is 24.5 Å². The van der Waals surface area contributed by atoms with Crippen LogP contribution in [0.3, 0.4) is 0 Å². The largest absolute Gasteiger partial charge is 0.466 e. The zero-order valence-corrected chi connectivity index (χ0v) is 8.74. The Morgan fingerprint density at radius 1 is 1.29 bits per heavy atom. The summed E-state index contributed by atoms with van der Waals surface area (Å²) in [6.07, 6.45) is 4.25. The van der Waals surface area contributed by atoms with Crippen molar-refractivity contribution in [3.63, 3.8) is 0 Å². The predicted molar refractivity (Wildman–Crippen MR) is 53.5 cm³/mol. The zero-order valence-electron chi connectivity index (χ0n) is 8.74. The Morgan fingerprint density at radius 2 is 1.86 bits per heavy atom. The van der Waals surface area contributed by atoms with Crippen LogP contribution in [-0.4, -0.2) is 18.6 Å². The number of nitrogens with two attached hydrogens (primary N) is 1. The van der Waals surface area contributed by atoms with E-state index >= 15 is 0 Å². The number of carbonyl (C=O) groups is 1. The maximum absolute atomic E-state index is 11.5. The first kappa shape index (κ1) is 9.97. The second-order valence-electron chi connectivity index (χ2n) is 4.67. The summed E-state index contributed by atoms with van der Waals surface area (Å²) in [6.45, 7) is 2.37. The summed E-state index contributed by atoms with van der Waals surface area (Å²) in [5.41, 5.74) is 5.89. The molecule has 0 aromatic rings. The van der Waals surface area contributed by atoms with Crippen LogP contribution in [0.2, 0.25) is 0 Å². The number of fused-ring (bicyclic) bond motifs is 1. The molecular weight excluding hydrogens is 178 g/mol. The van der Waals surface area contributed by atoms with E-state index in [1.165, 1.54) is 0 Å². The number of rotatable bonds is 2. The quantitative estimate of drug-likeness (QED) is 0.679. The summed E-state index contributed by atoms with van der Waals surface area (Å²) in [5, 5.41) is 0. The van der Waals surface area contributed by atoms with Gasteiger partial charge >= 0.3 is 5.97 Å². The van der Waals surface area contributed by atoms with Gasteiger partial charge in [-0.15, -0.1) is 0 Å². The molecule has 2 N–H and O–H groups in total. The van der Waals surface area contributed by atoms with Crippen molar-refractivity contribution in [1.82, 2.24) is 0 Å². The van der Waals surface area contributed by atoms with Crippen LogP contribution in [0.25, 0.3) is 0 Å². The van der Waals surface area contributed by atoms with Crippen LogP contribution in [0.4, 0.5) is 0 Å². The Bertz CT molecular complexity index is 215. The molecule has 3 nitrogen and oxygen atoms in total. The highest BCUT2D eigenvalue weighted by Gasteiger charge is 2.43. The second-order valence-corrected chi connectivity index (χ2v) is 4.67. The van der Waals surface area contributed by atoms with Gasteiger partial charge < -0.3 is 10.5 Å². The summed E-state index contributed by atoms with van der Waals surface area (Å²) in [7, 11) is 0. The van der Waals surface area contributed by atoms with Crippen LogP contribution in [0.15, 0.2) is 0 Å². The third-order valence-corrected chi connectivity index (χ3v) is 3.67. The predicted octanol–water partition coefficient (Wildman–Crippen LogP) is 1.31. The molecule has 14 heavy (non-hydrogen) atoms. The van der Waals surface area contributed by atoms with Crippen LogP contribution in [0.1, 0.15) is 32.6 Å². The average molecular weight is 197 g/mol. The highest BCUT2D eigenvalue weighted by molar-refractivity contribution is 5.72. The molecule has 0 radical (unpaired) electrons. The van der Waals surface area contributed by atoms with E-state index < -0.39 is 0 Å². The van der Waals surface area contributed by atoms with E-state index in [1.54, 1.807) is 0 Å². The highest BCUT2D eigenvalue weighted by atomic mass is 16.5. The summed E-state index contributed by atoms with van der Waals surface area (Å²) >= 11 is 0. The summed E-state index contributed by atoms with van der Waals surface area (Å²) in [6, 6.07) is 0.383. The lowest BCUT2D eigenvalue weighted by atomic mass is 10.0. The van der Waals surface area contributed by atoms with Crippen LogP contribution in [-0.2, 0) is 9.53 Å². The van der Waals surface area contributed by atoms with Crippen molar-refractivity contribution >= 4 is 5.97 Å². The van der Waals surface area contributed by atoms with Crippen LogP contribution >= 0.6 is 0 Å². The lowest BCUT2D eigenvalue weighted by Gasteiger charge is -2.10. The average Bonchev–Trinajstić information content (AvgIpc) is 2.61. The molecule has 2 fully saturated rings. The van der Waals surface area contributed by atoms with Crippen molar-refractivity contribution in [3.8, 4) is 0 Å². The topological polar surface area (TPSA) is 52.3 Å². The molecule has 0 heterocycles. The minimum atomic E-state index is 0.00970. The van der Waals surface area contributed by atoms with E-state index in [2.05, 4.69) is 0 Å². The van der Waals surface area contributed by atoms with Gasteiger partial charge in [0.25, 0.3) is 0 Å². The van der Waals surface area contributed by atoms with Crippen LogP contribution in [0, 0.1) is 17.8 Å². The fraction of sp³-hybridized carbons (Fsp3) is 0.909. The molecule has 80 valence electrons. The Balaban J connectivity index is 1.88. The van der Waals surface area contributed by atoms with Crippen LogP contribution < -0.4 is 5.73 Å². The van der Waals surface area contributed by atoms with Crippen LogP contribution in [0.5, 0.6) is 0 Å². The van der Waals surface area contributed by atoms with Crippen molar-refractivity contribution in [3.05, 3.63) is 0 Å². The zero-order chi connectivity index (χ0) is 10.1. The van der Waals surface area contributed by atoms with Crippen molar-refractivity contribution in [1.29, 1.82) is 0 Å². The van der Waals surface area contributed by atoms with E-state index in [4.69, 9.17) is 10.5 Å². The second kappa shape index (κ2) is 3.89. The molecule has 2 aliphatic carbocycles. The Hall–Kier alpha value is -0.570. The third-order valence-electron chi connectivity index (χ3n) is 3.67. The van der Waals surface area contributed by atoms with E-state index in [0.717, 1.165) is 25.7 Å². The Labute approximate surface area is 85.0 Å². The monoisotopic (exact) mass is 197 g/mol. The van der Waals surface area contributed by atoms with E-state index in [9.17, 15) is 4.79 Å². The molecule has 0 bridgehead atoms. The maximum Gasteiger partial charge on any atom is 0.308 e. The van der Waals surface area contributed by atoms with Gasteiger partial charge in [0.1, 0.15) is 0 Å². The molecule has 3 heteroatoms. The first-order chi connectivity index (χ1) is 6.70. The molecule has 0 spiro atoms. The summed E-state index contributed by atoms with van der Waals surface area (Å²) in [5.74, 6) is 1.56. The fourth-order valence-electron chi connectivity index (χ4n) is 3.12. The van der Waals surface area contributed by atoms with Crippen molar-refractivity contribution < 1.29 is 9.53 Å². The summed E-state index contributed by atoms with van der Waals surface area (Å²) < 4.78 is 5.05. The van der Waals surface area contributed by atoms with Crippen molar-refractivity contribution in [2.24, 2.45) is 23.5 Å². The molecule has 2 unspecified atom stereocenters. The van der Waals surface area contributed by atoms with Gasteiger partial charge in [0.05, 0.1) is 12.5 Å². The number of ether oxygens (including phenoxy) is 1. The van der Waals surface area contributed by atoms with Gasteiger partial charge in [-0.25, -0.2) is 0 Å². The van der Waals surface area contributed by atoms with Gasteiger partial charge in [-0.3, -0.25) is 4.79 Å². The Kier molecular flexibility index (Phi) is 2.77. The number of esters is 1. The standard InChI is InChI=1S/C11H19NO2/c1-2-14-11(13)9-3-7-5-10(12)6-8(7)4-9/h7-10H,2-6,12H2,1H3. The molecule has 0 aliphatic heterocycles. The lowest BCUT2D eigenvalue weighted by Crippen LogP contribution is -2.19. The smallest absolute Gasteiger partial charge is 0.308 e. The molecule has 2 aliphatic rings. The lowest BCUT2D eigenvalue weighted by molar-refractivity contribution is -0.148. The van der Waals surface area contributed by atoms with Gasteiger partial charge in [-0.05, 0) is 44.4 Å². The van der Waals surface area contributed by atoms with Gasteiger partial charge in [-0.2, -0.15) is 0 Å². The van der Waals surface area contributed by atoms with Crippen molar-refractivity contribution in [2.45, 2.75) is 38.6 Å². The molecule has 0 saturated heterocycles. The summed E-state index contributed by atoms with van der Waals surface area (Å²) in [4.78, 5) is 11.5. The highest BCUT2D eigenvalue weighted by Crippen LogP contribution is 2.46. The molecule has 0 amide bonds. The third kappa shape index (κ3) is 1.78. The number of hydrogen-bond acceptors (Lipinski definition) is 3. The fourth-order valence-corrected chi connectivity index (χ4v) is 3.12. The first-order valence-electron chi connectivity index (χ1n) is 5.63. The number of hydrogen-bond donors (Lipinski definition) is 1. The molecule has 2 rings (SSSR count). The Morgan fingerprint density at radius 3 is 2.36 bits per heavy atom.